The van der Waals surface area contributed by atoms with Crippen LogP contribution in [0.4, 0.5) is 0 Å². The number of hydrogen-bond acceptors (Lipinski definition) is 2. The Morgan fingerprint density at radius 3 is 2.47 bits per heavy atom. The van der Waals surface area contributed by atoms with Crippen LogP contribution < -0.4 is 0 Å². The van der Waals surface area contributed by atoms with Gasteiger partial charge in [-0.1, -0.05) is 12.1 Å². The van der Waals surface area contributed by atoms with E-state index < -0.39 is 0 Å². The lowest BCUT2D eigenvalue weighted by Crippen LogP contribution is -2.22. The fourth-order valence-electron chi connectivity index (χ4n) is 1.82. The molecule has 0 aliphatic carbocycles. The van der Waals surface area contributed by atoms with Crippen molar-refractivity contribution in [2.75, 3.05) is 13.2 Å². The van der Waals surface area contributed by atoms with Gasteiger partial charge in [-0.3, -0.25) is 0 Å². The van der Waals surface area contributed by atoms with Gasteiger partial charge in [0.1, 0.15) is 11.1 Å². The van der Waals surface area contributed by atoms with Crippen molar-refractivity contribution in [1.29, 1.82) is 0 Å². The Morgan fingerprint density at radius 2 is 1.87 bits per heavy atom. The number of hydrogen-bond donors (Lipinski definition) is 0. The summed E-state index contributed by atoms with van der Waals surface area (Å²) in [4.78, 5) is 11.9. The van der Waals surface area contributed by atoms with Crippen LogP contribution in [0.2, 0.25) is 0 Å². The largest absolute Gasteiger partial charge is 0.444 e. The zero-order valence-corrected chi connectivity index (χ0v) is 8.99. The minimum atomic E-state index is 0.0385. The van der Waals surface area contributed by atoms with Gasteiger partial charge in [0.2, 0.25) is 0 Å². The van der Waals surface area contributed by atoms with Gasteiger partial charge in [0.15, 0.2) is 6.54 Å². The molecule has 1 aliphatic heterocycles. The zero-order valence-electron chi connectivity index (χ0n) is 8.99. The molecule has 1 amide bonds. The summed E-state index contributed by atoms with van der Waals surface area (Å²) in [6, 6.07) is 7.56. The standard InChI is InChI=1S/C12H14NO2/c1-3-13-11(14)9-7-5-6-8-10(9)12(13)15-4-2/h5-8H,3-4H2,1-2H3/q+1. The van der Waals surface area contributed by atoms with E-state index in [0.29, 0.717) is 19.0 Å². The SMILES string of the molecule is CCOC1=[N+](CC)C(=O)c2ccccc21. The normalized spacial score (nSPS) is 14.4. The highest BCUT2D eigenvalue weighted by molar-refractivity contribution is 6.10. The molecule has 2 rings (SSSR count). The number of carbonyl (C=O) groups excluding carboxylic acids is 1. The summed E-state index contributed by atoms with van der Waals surface area (Å²) in [5.74, 6) is 0.733. The Balaban J connectivity index is 2.55. The number of ether oxygens (including phenoxy) is 1. The van der Waals surface area contributed by atoms with E-state index in [1.165, 1.54) is 0 Å². The number of rotatable bonds is 2. The van der Waals surface area contributed by atoms with E-state index in [1.807, 2.05) is 38.1 Å². The van der Waals surface area contributed by atoms with Crippen LogP contribution in [0.5, 0.6) is 0 Å². The lowest BCUT2D eigenvalue weighted by Gasteiger charge is -1.99. The minimum Gasteiger partial charge on any atom is -0.444 e. The topological polar surface area (TPSA) is 29.3 Å². The Morgan fingerprint density at radius 1 is 1.20 bits per heavy atom. The summed E-state index contributed by atoms with van der Waals surface area (Å²) in [5, 5.41) is 0. The molecule has 0 atom stereocenters. The number of amides is 1. The highest BCUT2D eigenvalue weighted by atomic mass is 16.5. The van der Waals surface area contributed by atoms with Crippen molar-refractivity contribution < 1.29 is 14.1 Å². The van der Waals surface area contributed by atoms with Gasteiger partial charge < -0.3 is 4.74 Å². The quantitative estimate of drug-likeness (QED) is 0.685. The molecule has 0 radical (unpaired) electrons. The maximum Gasteiger partial charge on any atom is 0.423 e. The fourth-order valence-corrected chi connectivity index (χ4v) is 1.82. The van der Waals surface area contributed by atoms with E-state index in [4.69, 9.17) is 4.74 Å². The van der Waals surface area contributed by atoms with Crippen LogP contribution in [0, 0.1) is 0 Å². The molecule has 1 aromatic rings. The third-order valence-corrected chi connectivity index (χ3v) is 2.48. The lowest BCUT2D eigenvalue weighted by atomic mass is 10.1. The van der Waals surface area contributed by atoms with E-state index in [1.54, 1.807) is 4.58 Å². The number of benzene rings is 1. The van der Waals surface area contributed by atoms with Gasteiger partial charge in [0, 0.05) is 0 Å². The van der Waals surface area contributed by atoms with Gasteiger partial charge in [-0.05, 0) is 26.0 Å². The summed E-state index contributed by atoms with van der Waals surface area (Å²) < 4.78 is 7.20. The monoisotopic (exact) mass is 204 g/mol. The zero-order chi connectivity index (χ0) is 10.8. The van der Waals surface area contributed by atoms with Crippen molar-refractivity contribution in [2.24, 2.45) is 0 Å². The van der Waals surface area contributed by atoms with Crippen LogP contribution in [0.25, 0.3) is 0 Å². The van der Waals surface area contributed by atoms with Crippen molar-refractivity contribution >= 4 is 11.8 Å². The number of nitrogens with zero attached hydrogens (tertiary/aromatic N) is 1. The molecule has 78 valence electrons. The van der Waals surface area contributed by atoms with Crippen molar-refractivity contribution in [1.82, 2.24) is 0 Å². The first-order chi connectivity index (χ1) is 7.29. The maximum absolute atomic E-state index is 11.9. The summed E-state index contributed by atoms with van der Waals surface area (Å²) in [6.07, 6.45) is 0. The highest BCUT2D eigenvalue weighted by Gasteiger charge is 2.38. The molecule has 1 heterocycles. The van der Waals surface area contributed by atoms with E-state index in [-0.39, 0.29) is 5.91 Å². The second kappa shape index (κ2) is 3.85. The second-order valence-electron chi connectivity index (χ2n) is 3.33. The number of fused-ring (bicyclic) bond motifs is 1. The maximum atomic E-state index is 11.9. The molecule has 1 aromatic carbocycles. The first kappa shape index (κ1) is 9.90. The fraction of sp³-hybridized carbons (Fsp3) is 0.333. The molecule has 0 bridgehead atoms. The second-order valence-corrected chi connectivity index (χ2v) is 3.33. The van der Waals surface area contributed by atoms with Crippen LogP contribution in [0.15, 0.2) is 24.3 Å². The van der Waals surface area contributed by atoms with Gasteiger partial charge >= 0.3 is 11.8 Å². The molecule has 1 aliphatic rings. The third kappa shape index (κ3) is 1.44. The molecule has 0 saturated heterocycles. The van der Waals surface area contributed by atoms with Crippen molar-refractivity contribution in [2.45, 2.75) is 13.8 Å². The van der Waals surface area contributed by atoms with Crippen LogP contribution in [0.1, 0.15) is 29.8 Å². The molecular weight excluding hydrogens is 190 g/mol. The van der Waals surface area contributed by atoms with Crippen molar-refractivity contribution in [3.05, 3.63) is 35.4 Å². The van der Waals surface area contributed by atoms with Gasteiger partial charge in [-0.15, -0.1) is 4.58 Å². The highest BCUT2D eigenvalue weighted by Crippen LogP contribution is 2.18. The van der Waals surface area contributed by atoms with E-state index in [0.717, 1.165) is 11.1 Å². The molecule has 0 N–H and O–H groups in total. The molecule has 0 aromatic heterocycles. The molecule has 15 heavy (non-hydrogen) atoms. The summed E-state index contributed by atoms with van der Waals surface area (Å²) in [7, 11) is 0. The average Bonchev–Trinajstić information content (AvgIpc) is 2.54. The summed E-state index contributed by atoms with van der Waals surface area (Å²) >= 11 is 0. The van der Waals surface area contributed by atoms with Crippen LogP contribution in [-0.2, 0) is 4.74 Å². The Labute approximate surface area is 89.0 Å². The van der Waals surface area contributed by atoms with E-state index >= 15 is 0 Å². The van der Waals surface area contributed by atoms with Gasteiger partial charge in [-0.2, -0.15) is 0 Å². The Kier molecular flexibility index (Phi) is 2.54. The van der Waals surface area contributed by atoms with Crippen LogP contribution in [-0.4, -0.2) is 29.5 Å². The van der Waals surface area contributed by atoms with Gasteiger partial charge in [0.25, 0.3) is 0 Å². The van der Waals surface area contributed by atoms with Crippen LogP contribution in [0.3, 0.4) is 0 Å². The molecule has 0 fully saturated rings. The Hall–Kier alpha value is -1.64. The predicted molar refractivity (Wildman–Crippen MR) is 57.3 cm³/mol. The van der Waals surface area contributed by atoms with E-state index in [2.05, 4.69) is 0 Å². The smallest absolute Gasteiger partial charge is 0.423 e. The molecule has 0 spiro atoms. The summed E-state index contributed by atoms with van der Waals surface area (Å²) in [6.45, 7) is 5.09. The average molecular weight is 204 g/mol. The van der Waals surface area contributed by atoms with Crippen molar-refractivity contribution in [3.63, 3.8) is 0 Å². The summed E-state index contributed by atoms with van der Waals surface area (Å²) in [5.41, 5.74) is 1.65. The van der Waals surface area contributed by atoms with E-state index in [9.17, 15) is 4.79 Å². The molecule has 3 nitrogen and oxygen atoms in total. The molecule has 3 heteroatoms. The minimum absolute atomic E-state index is 0.0385. The molecule has 0 saturated carbocycles. The van der Waals surface area contributed by atoms with Gasteiger partial charge in [-0.25, -0.2) is 4.79 Å². The first-order valence-electron chi connectivity index (χ1n) is 5.20. The Bertz CT molecular complexity index is 435. The number of carbonyl (C=O) groups is 1. The first-order valence-corrected chi connectivity index (χ1v) is 5.20. The van der Waals surface area contributed by atoms with Crippen LogP contribution >= 0.6 is 0 Å². The lowest BCUT2D eigenvalue weighted by molar-refractivity contribution is -0.430. The van der Waals surface area contributed by atoms with Crippen molar-refractivity contribution in [3.8, 4) is 0 Å². The molecule has 0 unspecified atom stereocenters. The third-order valence-electron chi connectivity index (χ3n) is 2.48. The van der Waals surface area contributed by atoms with Gasteiger partial charge in [0.05, 0.1) is 6.61 Å². The molecular formula is C12H14NO2+. The predicted octanol–water partition coefficient (Wildman–Crippen LogP) is 1.66.